The second-order valence-corrected chi connectivity index (χ2v) is 6.42. The van der Waals surface area contributed by atoms with Crippen molar-refractivity contribution in [1.82, 2.24) is 5.32 Å². The fraction of sp³-hybridized carbons (Fsp3) is 0.105. The summed E-state index contributed by atoms with van der Waals surface area (Å²) in [7, 11) is 1.60. The Morgan fingerprint density at radius 2 is 1.77 bits per heavy atom. The van der Waals surface area contributed by atoms with Gasteiger partial charge in [-0.25, -0.2) is 4.79 Å². The Morgan fingerprint density at radius 3 is 2.46 bits per heavy atom. The van der Waals surface area contributed by atoms with Crippen molar-refractivity contribution in [2.24, 2.45) is 0 Å². The van der Waals surface area contributed by atoms with Crippen molar-refractivity contribution in [3.63, 3.8) is 0 Å². The maximum Gasteiger partial charge on any atom is 0.319 e. The molecule has 0 aliphatic carbocycles. The number of rotatable bonds is 4. The molecule has 0 atom stereocenters. The number of anilines is 1. The van der Waals surface area contributed by atoms with Crippen LogP contribution in [-0.2, 0) is 6.54 Å². The van der Waals surface area contributed by atoms with Crippen molar-refractivity contribution in [2.75, 3.05) is 12.4 Å². The van der Waals surface area contributed by atoms with Crippen LogP contribution in [0.15, 0.2) is 48.5 Å². The van der Waals surface area contributed by atoms with Crippen molar-refractivity contribution in [2.45, 2.75) is 6.54 Å². The van der Waals surface area contributed by atoms with Gasteiger partial charge in [-0.3, -0.25) is 0 Å². The first kappa shape index (κ1) is 18.2. The Bertz CT molecular complexity index is 959. The Balaban J connectivity index is 1.77. The molecule has 0 heterocycles. The molecule has 0 aromatic heterocycles. The number of carbonyl (C=O) groups is 1. The van der Waals surface area contributed by atoms with E-state index < -0.39 is 6.03 Å². The van der Waals surface area contributed by atoms with E-state index in [9.17, 15) is 9.90 Å². The van der Waals surface area contributed by atoms with Gasteiger partial charge in [0.05, 0.1) is 22.8 Å². The van der Waals surface area contributed by atoms with Gasteiger partial charge in [-0.05, 0) is 42.0 Å². The maximum absolute atomic E-state index is 12.3. The summed E-state index contributed by atoms with van der Waals surface area (Å²) >= 11 is 12.4. The van der Waals surface area contributed by atoms with E-state index in [1.807, 2.05) is 24.3 Å². The molecule has 3 aromatic carbocycles. The number of urea groups is 1. The summed E-state index contributed by atoms with van der Waals surface area (Å²) < 4.78 is 5.10. The number of halogens is 2. The number of amides is 2. The quantitative estimate of drug-likeness (QED) is 0.574. The van der Waals surface area contributed by atoms with Gasteiger partial charge in [0.2, 0.25) is 0 Å². The monoisotopic (exact) mass is 390 g/mol. The topological polar surface area (TPSA) is 70.6 Å². The number of benzene rings is 3. The van der Waals surface area contributed by atoms with Crippen LogP contribution in [0.25, 0.3) is 10.8 Å². The fourth-order valence-corrected chi connectivity index (χ4v) is 3.14. The van der Waals surface area contributed by atoms with Gasteiger partial charge in [-0.15, -0.1) is 0 Å². The van der Waals surface area contributed by atoms with Crippen LogP contribution in [-0.4, -0.2) is 18.2 Å². The third kappa shape index (κ3) is 3.95. The largest absolute Gasteiger partial charge is 0.508 e. The van der Waals surface area contributed by atoms with Crippen LogP contribution in [0.5, 0.6) is 11.5 Å². The molecule has 0 bridgehead atoms. The Hall–Kier alpha value is -2.63. The van der Waals surface area contributed by atoms with Gasteiger partial charge in [-0.2, -0.15) is 0 Å². The normalized spacial score (nSPS) is 10.6. The van der Waals surface area contributed by atoms with Crippen LogP contribution in [0, 0.1) is 0 Å². The molecule has 0 aliphatic heterocycles. The molecule has 0 unspecified atom stereocenters. The number of hydrogen-bond acceptors (Lipinski definition) is 3. The molecule has 3 N–H and O–H groups in total. The first-order chi connectivity index (χ1) is 12.5. The molecule has 0 saturated carbocycles. The average Bonchev–Trinajstić information content (AvgIpc) is 2.63. The van der Waals surface area contributed by atoms with Gasteiger partial charge < -0.3 is 20.5 Å². The van der Waals surface area contributed by atoms with Crippen molar-refractivity contribution in [3.8, 4) is 11.5 Å². The summed E-state index contributed by atoms with van der Waals surface area (Å²) in [5, 5.41) is 17.2. The van der Waals surface area contributed by atoms with E-state index in [1.54, 1.807) is 19.2 Å². The van der Waals surface area contributed by atoms with Crippen LogP contribution in [0.3, 0.4) is 0 Å². The van der Waals surface area contributed by atoms with Gasteiger partial charge >= 0.3 is 6.03 Å². The first-order valence-electron chi connectivity index (χ1n) is 7.76. The summed E-state index contributed by atoms with van der Waals surface area (Å²) in [5.74, 6) is 0.801. The summed E-state index contributed by atoms with van der Waals surface area (Å²) in [6.07, 6.45) is 0. The molecule has 0 fully saturated rings. The SMILES string of the molecule is COc1ccc(CNC(=O)Nc2c(Cl)cc(Cl)c3ccc(O)cc23)cc1. The number of phenolic OH excluding ortho intramolecular Hbond substituents is 1. The van der Waals surface area contributed by atoms with E-state index in [2.05, 4.69) is 10.6 Å². The highest BCUT2D eigenvalue weighted by Gasteiger charge is 2.13. The number of fused-ring (bicyclic) bond motifs is 1. The van der Waals surface area contributed by atoms with Crippen LogP contribution in [0.2, 0.25) is 10.0 Å². The molecule has 0 aliphatic rings. The molecule has 0 saturated heterocycles. The Kier molecular flexibility index (Phi) is 5.40. The van der Waals surface area contributed by atoms with Crippen molar-refractivity contribution < 1.29 is 14.6 Å². The number of methoxy groups -OCH3 is 1. The lowest BCUT2D eigenvalue weighted by atomic mass is 10.1. The van der Waals surface area contributed by atoms with E-state index in [4.69, 9.17) is 27.9 Å². The molecule has 0 spiro atoms. The molecule has 2 amide bonds. The molecule has 3 rings (SSSR count). The zero-order valence-corrected chi connectivity index (χ0v) is 15.4. The van der Waals surface area contributed by atoms with Gasteiger partial charge in [-0.1, -0.05) is 35.3 Å². The summed E-state index contributed by atoms with van der Waals surface area (Å²) in [4.78, 5) is 12.3. The fourth-order valence-electron chi connectivity index (χ4n) is 2.55. The van der Waals surface area contributed by atoms with E-state index in [1.165, 1.54) is 12.1 Å². The van der Waals surface area contributed by atoms with Crippen molar-refractivity contribution in [3.05, 3.63) is 64.1 Å². The van der Waals surface area contributed by atoms with E-state index in [-0.39, 0.29) is 10.8 Å². The lowest BCUT2D eigenvalue weighted by molar-refractivity contribution is 0.252. The standard InChI is InChI=1S/C19H16Cl2N2O3/c1-26-13-5-2-11(3-6-13)10-22-19(25)23-18-15-8-12(24)4-7-14(15)16(20)9-17(18)21/h2-9,24H,10H2,1H3,(H2,22,23,25). The predicted octanol–water partition coefficient (Wildman–Crippen LogP) is 5.18. The minimum atomic E-state index is -0.422. The highest BCUT2D eigenvalue weighted by atomic mass is 35.5. The second kappa shape index (κ2) is 7.72. The van der Waals surface area contributed by atoms with Crippen LogP contribution in [0.4, 0.5) is 10.5 Å². The zero-order valence-electron chi connectivity index (χ0n) is 13.8. The Morgan fingerprint density at radius 1 is 1.04 bits per heavy atom. The smallest absolute Gasteiger partial charge is 0.319 e. The predicted molar refractivity (Wildman–Crippen MR) is 104 cm³/mol. The molecule has 0 radical (unpaired) electrons. The van der Waals surface area contributed by atoms with E-state index in [0.717, 1.165) is 11.3 Å². The molecule has 7 heteroatoms. The van der Waals surface area contributed by atoms with Crippen molar-refractivity contribution >= 4 is 45.7 Å². The van der Waals surface area contributed by atoms with Crippen LogP contribution in [0.1, 0.15) is 5.56 Å². The molecular formula is C19H16Cl2N2O3. The third-order valence-electron chi connectivity index (χ3n) is 3.87. The number of hydrogen-bond donors (Lipinski definition) is 3. The summed E-state index contributed by atoms with van der Waals surface area (Å²) in [6, 6.07) is 13.2. The van der Waals surface area contributed by atoms with Crippen molar-refractivity contribution in [1.29, 1.82) is 0 Å². The molecule has 26 heavy (non-hydrogen) atoms. The van der Waals surface area contributed by atoms with Gasteiger partial charge in [0.1, 0.15) is 11.5 Å². The van der Waals surface area contributed by atoms with Gasteiger partial charge in [0.25, 0.3) is 0 Å². The molecular weight excluding hydrogens is 375 g/mol. The molecule has 134 valence electrons. The number of aromatic hydroxyl groups is 1. The summed E-state index contributed by atoms with van der Waals surface area (Å²) in [6.45, 7) is 0.338. The third-order valence-corrected chi connectivity index (χ3v) is 4.48. The van der Waals surface area contributed by atoms with Gasteiger partial charge in [0, 0.05) is 17.3 Å². The number of ether oxygens (including phenoxy) is 1. The summed E-state index contributed by atoms with van der Waals surface area (Å²) in [5.41, 5.74) is 1.31. The van der Waals surface area contributed by atoms with Crippen LogP contribution >= 0.6 is 23.2 Å². The Labute approximate surface area is 160 Å². The van der Waals surface area contributed by atoms with Crippen LogP contribution < -0.4 is 15.4 Å². The van der Waals surface area contributed by atoms with Gasteiger partial charge in [0.15, 0.2) is 0 Å². The minimum Gasteiger partial charge on any atom is -0.508 e. The van der Waals surface area contributed by atoms with E-state index in [0.29, 0.717) is 28.0 Å². The lowest BCUT2D eigenvalue weighted by Gasteiger charge is -2.13. The first-order valence-corrected chi connectivity index (χ1v) is 8.52. The van der Waals surface area contributed by atoms with E-state index >= 15 is 0 Å². The molecule has 3 aromatic rings. The second-order valence-electron chi connectivity index (χ2n) is 5.60. The maximum atomic E-state index is 12.3. The minimum absolute atomic E-state index is 0.0533. The lowest BCUT2D eigenvalue weighted by Crippen LogP contribution is -2.28. The highest BCUT2D eigenvalue weighted by Crippen LogP contribution is 2.37. The number of phenols is 1. The molecule has 5 nitrogen and oxygen atoms in total. The number of carbonyl (C=O) groups excluding carboxylic acids is 1. The number of nitrogens with one attached hydrogen (secondary N) is 2. The zero-order chi connectivity index (χ0) is 18.7. The highest BCUT2D eigenvalue weighted by molar-refractivity contribution is 6.41. The average molecular weight is 391 g/mol.